The number of halogens is 1. The van der Waals surface area contributed by atoms with Gasteiger partial charge in [-0.25, -0.2) is 12.8 Å². The average molecular weight is 309 g/mol. The second kappa shape index (κ2) is 5.95. The van der Waals surface area contributed by atoms with E-state index in [-0.39, 0.29) is 22.8 Å². The van der Waals surface area contributed by atoms with E-state index in [4.69, 9.17) is 10.3 Å². The number of benzene rings is 1. The fraction of sp³-hybridized carbons (Fsp3) is 0.154. The lowest BCUT2D eigenvalue weighted by Gasteiger charge is -2.07. The highest BCUT2D eigenvalue weighted by Crippen LogP contribution is 2.20. The second-order valence-corrected chi connectivity index (χ2v) is 5.73. The third kappa shape index (κ3) is 3.59. The monoisotopic (exact) mass is 309 g/mol. The van der Waals surface area contributed by atoms with Crippen molar-refractivity contribution < 1.29 is 17.3 Å². The maximum Gasteiger partial charge on any atom is 0.264 e. The van der Waals surface area contributed by atoms with E-state index in [9.17, 15) is 12.8 Å². The third-order valence-corrected chi connectivity index (χ3v) is 3.84. The smallest absolute Gasteiger partial charge is 0.264 e. The van der Waals surface area contributed by atoms with E-state index >= 15 is 0 Å². The van der Waals surface area contributed by atoms with Gasteiger partial charge in [0.25, 0.3) is 10.0 Å². The van der Waals surface area contributed by atoms with E-state index in [0.717, 1.165) is 18.2 Å². The number of hydrogen-bond donors (Lipinski definition) is 2. The largest absolute Gasteiger partial charge is 0.360 e. The molecular weight excluding hydrogens is 297 g/mol. The van der Waals surface area contributed by atoms with Crippen LogP contribution in [0.2, 0.25) is 0 Å². The molecule has 6 nitrogen and oxygen atoms in total. The average Bonchev–Trinajstić information content (AvgIpc) is 2.80. The summed E-state index contributed by atoms with van der Waals surface area (Å²) in [6.07, 6.45) is 0. The van der Waals surface area contributed by atoms with Crippen molar-refractivity contribution in [1.82, 2.24) is 5.16 Å². The van der Waals surface area contributed by atoms with Crippen LogP contribution < -0.4 is 10.5 Å². The summed E-state index contributed by atoms with van der Waals surface area (Å²) in [5.74, 6) is 4.93. The minimum atomic E-state index is -3.96. The summed E-state index contributed by atoms with van der Waals surface area (Å²) in [7, 11) is -3.96. The molecule has 0 aliphatic heterocycles. The topological polar surface area (TPSA) is 98.2 Å². The lowest BCUT2D eigenvalue weighted by atomic mass is 10.2. The Morgan fingerprint density at radius 3 is 2.81 bits per heavy atom. The van der Waals surface area contributed by atoms with Crippen LogP contribution in [0.5, 0.6) is 0 Å². The van der Waals surface area contributed by atoms with E-state index in [1.165, 1.54) is 6.07 Å². The fourth-order valence-corrected chi connectivity index (χ4v) is 2.72. The Bertz CT molecular complexity index is 819. The molecule has 2 rings (SSSR count). The van der Waals surface area contributed by atoms with Crippen molar-refractivity contribution in [1.29, 1.82) is 0 Å². The Balaban J connectivity index is 2.44. The van der Waals surface area contributed by atoms with Gasteiger partial charge >= 0.3 is 0 Å². The summed E-state index contributed by atoms with van der Waals surface area (Å²) in [6.45, 7) is 1.66. The van der Waals surface area contributed by atoms with E-state index in [1.54, 1.807) is 6.92 Å². The number of sulfonamides is 1. The Labute approximate surface area is 121 Å². The van der Waals surface area contributed by atoms with Crippen LogP contribution in [-0.2, 0) is 10.0 Å². The number of hydrogen-bond acceptors (Lipinski definition) is 5. The zero-order valence-electron chi connectivity index (χ0n) is 11.1. The first kappa shape index (κ1) is 15.0. The molecule has 2 aromatic rings. The van der Waals surface area contributed by atoms with Crippen LogP contribution in [-0.4, -0.2) is 20.1 Å². The normalized spacial score (nSPS) is 10.8. The van der Waals surface area contributed by atoms with Crippen molar-refractivity contribution >= 4 is 15.8 Å². The summed E-state index contributed by atoms with van der Waals surface area (Å²) in [5, 5.41) is 3.54. The van der Waals surface area contributed by atoms with E-state index < -0.39 is 15.8 Å². The van der Waals surface area contributed by atoms with E-state index in [1.807, 2.05) is 0 Å². The molecule has 3 N–H and O–H groups in total. The van der Waals surface area contributed by atoms with Gasteiger partial charge in [-0.2, -0.15) is 0 Å². The molecule has 1 aromatic heterocycles. The van der Waals surface area contributed by atoms with Gasteiger partial charge in [0.05, 0.1) is 6.54 Å². The molecule has 0 atom stereocenters. The molecule has 0 amide bonds. The number of aromatic nitrogens is 1. The highest BCUT2D eigenvalue weighted by atomic mass is 32.2. The molecule has 0 aliphatic rings. The van der Waals surface area contributed by atoms with Gasteiger partial charge in [-0.1, -0.05) is 17.0 Å². The Morgan fingerprint density at radius 2 is 2.19 bits per heavy atom. The molecule has 110 valence electrons. The van der Waals surface area contributed by atoms with Crippen LogP contribution in [0.3, 0.4) is 0 Å². The first-order chi connectivity index (χ1) is 9.92. The number of nitrogens with zero attached hydrogens (tertiary/aromatic N) is 1. The molecule has 1 heterocycles. The minimum absolute atomic E-state index is 0.0215. The summed E-state index contributed by atoms with van der Waals surface area (Å²) in [6, 6.07) is 4.62. The maximum atomic E-state index is 13.3. The van der Waals surface area contributed by atoms with Crippen LogP contribution in [0.15, 0.2) is 33.7 Å². The van der Waals surface area contributed by atoms with Crippen molar-refractivity contribution in [3.05, 3.63) is 41.4 Å². The van der Waals surface area contributed by atoms with Crippen molar-refractivity contribution in [2.24, 2.45) is 5.73 Å². The number of aryl methyl sites for hydroxylation is 1. The van der Waals surface area contributed by atoms with E-state index in [2.05, 4.69) is 21.7 Å². The first-order valence-corrected chi connectivity index (χ1v) is 7.35. The molecule has 0 saturated carbocycles. The highest BCUT2D eigenvalue weighted by Gasteiger charge is 2.20. The predicted molar refractivity (Wildman–Crippen MR) is 74.4 cm³/mol. The quantitative estimate of drug-likeness (QED) is 0.831. The molecule has 0 bridgehead atoms. The molecule has 0 spiro atoms. The molecule has 21 heavy (non-hydrogen) atoms. The summed E-state index contributed by atoms with van der Waals surface area (Å²) in [4.78, 5) is -0.162. The fourth-order valence-electron chi connectivity index (χ4n) is 1.59. The SMILES string of the molecule is Cc1cc(NS(=O)(=O)c2ccc(F)cc2C#CCN)no1. The van der Waals surface area contributed by atoms with Gasteiger partial charge in [0.2, 0.25) is 0 Å². The van der Waals surface area contributed by atoms with Crippen molar-refractivity contribution in [2.45, 2.75) is 11.8 Å². The Hall–Kier alpha value is -2.37. The zero-order valence-corrected chi connectivity index (χ0v) is 11.9. The van der Waals surface area contributed by atoms with Crippen molar-refractivity contribution in [2.75, 3.05) is 11.3 Å². The second-order valence-electron chi connectivity index (χ2n) is 4.07. The summed E-state index contributed by atoms with van der Waals surface area (Å²) in [5.41, 5.74) is 5.27. The molecule has 8 heteroatoms. The van der Waals surface area contributed by atoms with Gasteiger partial charge in [-0.3, -0.25) is 4.72 Å². The van der Waals surface area contributed by atoms with Crippen LogP contribution in [0.1, 0.15) is 11.3 Å². The number of rotatable bonds is 3. The van der Waals surface area contributed by atoms with Crippen LogP contribution in [0.4, 0.5) is 10.2 Å². The van der Waals surface area contributed by atoms with E-state index in [0.29, 0.717) is 5.76 Å². The molecular formula is C13H12FN3O3S. The molecule has 0 fully saturated rings. The van der Waals surface area contributed by atoms with Crippen LogP contribution in [0.25, 0.3) is 0 Å². The number of nitrogens with one attached hydrogen (secondary N) is 1. The molecule has 0 aliphatic carbocycles. The molecule has 1 aromatic carbocycles. The summed E-state index contributed by atoms with van der Waals surface area (Å²) >= 11 is 0. The van der Waals surface area contributed by atoms with Gasteiger partial charge < -0.3 is 10.3 Å². The predicted octanol–water partition coefficient (Wildman–Crippen LogP) is 1.23. The Kier molecular flexibility index (Phi) is 4.26. The lowest BCUT2D eigenvalue weighted by Crippen LogP contribution is -2.15. The molecule has 0 unspecified atom stereocenters. The van der Waals surface area contributed by atoms with Crippen molar-refractivity contribution in [3.8, 4) is 11.8 Å². The maximum absolute atomic E-state index is 13.3. The molecule has 0 radical (unpaired) electrons. The third-order valence-electron chi connectivity index (χ3n) is 2.42. The molecule has 0 saturated heterocycles. The van der Waals surface area contributed by atoms with Crippen LogP contribution in [0, 0.1) is 24.6 Å². The van der Waals surface area contributed by atoms with Gasteiger partial charge in [0.1, 0.15) is 16.5 Å². The Morgan fingerprint density at radius 1 is 1.43 bits per heavy atom. The standard InChI is InChI=1S/C13H12FN3O3S/c1-9-7-13(16-20-9)17-21(18,19)12-5-4-11(14)8-10(12)3-2-6-15/h4-5,7-8H,6,15H2,1H3,(H,16,17). The highest BCUT2D eigenvalue weighted by molar-refractivity contribution is 7.92. The van der Waals surface area contributed by atoms with Crippen LogP contribution >= 0.6 is 0 Å². The number of nitrogens with two attached hydrogens (primary N) is 1. The lowest BCUT2D eigenvalue weighted by molar-refractivity contribution is 0.400. The van der Waals surface area contributed by atoms with Crippen molar-refractivity contribution in [3.63, 3.8) is 0 Å². The summed E-state index contributed by atoms with van der Waals surface area (Å²) < 4.78 is 44.9. The van der Waals surface area contributed by atoms with Gasteiger partial charge in [-0.15, -0.1) is 0 Å². The first-order valence-electron chi connectivity index (χ1n) is 5.87. The number of anilines is 1. The zero-order chi connectivity index (χ0) is 15.5. The van der Waals surface area contributed by atoms with Gasteiger partial charge in [0, 0.05) is 11.6 Å². The van der Waals surface area contributed by atoms with Gasteiger partial charge in [0.15, 0.2) is 5.82 Å². The van der Waals surface area contributed by atoms with Gasteiger partial charge in [-0.05, 0) is 25.1 Å². The minimum Gasteiger partial charge on any atom is -0.360 e.